The van der Waals surface area contributed by atoms with E-state index in [1.54, 1.807) is 7.11 Å². The van der Waals surface area contributed by atoms with Crippen LogP contribution in [-0.4, -0.2) is 49.8 Å². The average Bonchev–Trinajstić information content (AvgIpc) is 2.37. The Labute approximate surface area is 119 Å². The summed E-state index contributed by atoms with van der Waals surface area (Å²) in [7, 11) is 1.61. The number of nitrogens with zero attached hydrogens (tertiary/aromatic N) is 1. The fourth-order valence-corrected chi connectivity index (χ4v) is 2.52. The molecule has 1 aliphatic heterocycles. The molecule has 1 aliphatic rings. The largest absolute Gasteiger partial charge is 0.497 e. The first-order chi connectivity index (χ1) is 9.56. The molecule has 0 bridgehead atoms. The highest BCUT2D eigenvalue weighted by Crippen LogP contribution is 2.17. The zero-order valence-corrected chi connectivity index (χ0v) is 12.3. The summed E-state index contributed by atoms with van der Waals surface area (Å²) in [5, 5.41) is 2.89. The van der Waals surface area contributed by atoms with Gasteiger partial charge in [0.25, 0.3) is 0 Å². The molecule has 110 valence electrons. The number of ether oxygens (including phenoxy) is 2. The zero-order valence-electron chi connectivity index (χ0n) is 12.3. The Morgan fingerprint density at radius 3 is 2.75 bits per heavy atom. The van der Waals surface area contributed by atoms with Crippen molar-refractivity contribution in [3.63, 3.8) is 0 Å². The molecule has 20 heavy (non-hydrogen) atoms. The Bertz CT molecular complexity index is 454. The van der Waals surface area contributed by atoms with Crippen LogP contribution in [0.25, 0.3) is 0 Å². The predicted octanol–water partition coefficient (Wildman–Crippen LogP) is 1.74. The van der Waals surface area contributed by atoms with Gasteiger partial charge in [0.2, 0.25) is 5.91 Å². The van der Waals surface area contributed by atoms with Crippen molar-refractivity contribution in [3.05, 3.63) is 24.3 Å². The lowest BCUT2D eigenvalue weighted by Crippen LogP contribution is -2.48. The summed E-state index contributed by atoms with van der Waals surface area (Å²) < 4.78 is 10.8. The van der Waals surface area contributed by atoms with Gasteiger partial charge in [-0.25, -0.2) is 0 Å². The van der Waals surface area contributed by atoms with Crippen LogP contribution in [0.2, 0.25) is 0 Å². The van der Waals surface area contributed by atoms with Crippen molar-refractivity contribution in [3.8, 4) is 5.75 Å². The van der Waals surface area contributed by atoms with Crippen LogP contribution in [-0.2, 0) is 9.53 Å². The van der Waals surface area contributed by atoms with Gasteiger partial charge in [-0.1, -0.05) is 6.07 Å². The van der Waals surface area contributed by atoms with E-state index in [1.807, 2.05) is 38.1 Å². The summed E-state index contributed by atoms with van der Waals surface area (Å²) in [5.41, 5.74) is 0.753. The van der Waals surface area contributed by atoms with E-state index in [-0.39, 0.29) is 18.1 Å². The minimum Gasteiger partial charge on any atom is -0.497 e. The van der Waals surface area contributed by atoms with Crippen molar-refractivity contribution in [2.45, 2.75) is 26.1 Å². The third kappa shape index (κ3) is 4.21. The number of hydrogen-bond acceptors (Lipinski definition) is 4. The molecule has 5 heteroatoms. The smallest absolute Gasteiger partial charge is 0.238 e. The minimum absolute atomic E-state index is 0.0143. The van der Waals surface area contributed by atoms with Gasteiger partial charge in [-0.15, -0.1) is 0 Å². The Kier molecular flexibility index (Phi) is 4.98. The summed E-state index contributed by atoms with van der Waals surface area (Å²) in [5.74, 6) is 0.718. The maximum Gasteiger partial charge on any atom is 0.238 e. The van der Waals surface area contributed by atoms with Gasteiger partial charge >= 0.3 is 0 Å². The second kappa shape index (κ2) is 6.72. The first-order valence-corrected chi connectivity index (χ1v) is 6.88. The maximum absolute atomic E-state index is 12.1. The molecule has 0 aromatic heterocycles. The van der Waals surface area contributed by atoms with Gasteiger partial charge in [0.05, 0.1) is 25.9 Å². The first-order valence-electron chi connectivity index (χ1n) is 6.88. The molecule has 5 nitrogen and oxygen atoms in total. The fraction of sp³-hybridized carbons (Fsp3) is 0.533. The number of anilines is 1. The second-order valence-corrected chi connectivity index (χ2v) is 5.23. The van der Waals surface area contributed by atoms with Crippen molar-refractivity contribution in [1.29, 1.82) is 0 Å². The number of benzene rings is 1. The van der Waals surface area contributed by atoms with E-state index in [4.69, 9.17) is 9.47 Å². The van der Waals surface area contributed by atoms with E-state index in [0.29, 0.717) is 6.54 Å². The molecule has 1 saturated heterocycles. The number of amides is 1. The van der Waals surface area contributed by atoms with Crippen LogP contribution in [0, 0.1) is 0 Å². The summed E-state index contributed by atoms with van der Waals surface area (Å²) in [6.45, 7) is 6.02. The van der Waals surface area contributed by atoms with Crippen LogP contribution in [0.3, 0.4) is 0 Å². The van der Waals surface area contributed by atoms with Crippen LogP contribution in [0.1, 0.15) is 13.8 Å². The molecular formula is C15H22N2O3. The molecule has 1 amide bonds. The van der Waals surface area contributed by atoms with E-state index in [9.17, 15) is 4.79 Å². The standard InChI is InChI=1S/C15H22N2O3/c1-11-8-17(9-12(2)20-11)10-15(18)16-13-5-4-6-14(7-13)19-3/h4-7,11-12H,8-10H2,1-3H3,(H,16,18)/t11-,12-/m1/s1. The number of hydrogen-bond donors (Lipinski definition) is 1. The van der Waals surface area contributed by atoms with Crippen LogP contribution >= 0.6 is 0 Å². The number of morpholine rings is 1. The minimum atomic E-state index is -0.0143. The third-order valence-corrected chi connectivity index (χ3v) is 3.22. The third-order valence-electron chi connectivity index (χ3n) is 3.22. The molecule has 1 aromatic carbocycles. The van der Waals surface area contributed by atoms with Crippen molar-refractivity contribution in [1.82, 2.24) is 4.90 Å². The van der Waals surface area contributed by atoms with Gasteiger partial charge in [-0.05, 0) is 26.0 Å². The molecule has 1 aromatic rings. The predicted molar refractivity (Wildman–Crippen MR) is 78.1 cm³/mol. The lowest BCUT2D eigenvalue weighted by molar-refractivity contribution is -0.121. The SMILES string of the molecule is COc1cccc(NC(=O)CN2C[C@@H](C)O[C@H](C)C2)c1. The van der Waals surface area contributed by atoms with E-state index in [1.165, 1.54) is 0 Å². The monoisotopic (exact) mass is 278 g/mol. The Morgan fingerprint density at radius 2 is 2.10 bits per heavy atom. The van der Waals surface area contributed by atoms with Gasteiger partial charge in [-0.3, -0.25) is 9.69 Å². The normalized spacial score (nSPS) is 23.4. The molecule has 1 N–H and O–H groups in total. The van der Waals surface area contributed by atoms with Gasteiger partial charge in [0, 0.05) is 24.8 Å². The van der Waals surface area contributed by atoms with Crippen molar-refractivity contribution in [2.75, 3.05) is 32.1 Å². The molecule has 2 rings (SSSR count). The van der Waals surface area contributed by atoms with Crippen molar-refractivity contribution in [2.24, 2.45) is 0 Å². The van der Waals surface area contributed by atoms with E-state index in [2.05, 4.69) is 10.2 Å². The molecule has 1 heterocycles. The maximum atomic E-state index is 12.1. The highest BCUT2D eigenvalue weighted by Gasteiger charge is 2.23. The topological polar surface area (TPSA) is 50.8 Å². The zero-order chi connectivity index (χ0) is 14.5. The van der Waals surface area contributed by atoms with Crippen LogP contribution in [0.15, 0.2) is 24.3 Å². The summed E-state index contributed by atoms with van der Waals surface area (Å²) in [4.78, 5) is 14.2. The molecule has 0 saturated carbocycles. The van der Waals surface area contributed by atoms with Crippen LogP contribution in [0.4, 0.5) is 5.69 Å². The Hall–Kier alpha value is -1.59. The number of methoxy groups -OCH3 is 1. The second-order valence-electron chi connectivity index (χ2n) is 5.23. The number of carbonyl (C=O) groups is 1. The molecule has 0 aliphatic carbocycles. The highest BCUT2D eigenvalue weighted by molar-refractivity contribution is 5.92. The lowest BCUT2D eigenvalue weighted by Gasteiger charge is -2.34. The van der Waals surface area contributed by atoms with Gasteiger partial charge in [-0.2, -0.15) is 0 Å². The number of nitrogens with one attached hydrogen (secondary N) is 1. The van der Waals surface area contributed by atoms with Crippen LogP contribution in [0.5, 0.6) is 5.75 Å². The number of rotatable bonds is 4. The van der Waals surface area contributed by atoms with Gasteiger partial charge in [0.1, 0.15) is 5.75 Å². The Balaban J connectivity index is 1.88. The van der Waals surface area contributed by atoms with Crippen molar-refractivity contribution >= 4 is 11.6 Å². The van der Waals surface area contributed by atoms with E-state index >= 15 is 0 Å². The summed E-state index contributed by atoms with van der Waals surface area (Å²) >= 11 is 0. The fourth-order valence-electron chi connectivity index (χ4n) is 2.52. The van der Waals surface area contributed by atoms with E-state index < -0.39 is 0 Å². The molecular weight excluding hydrogens is 256 g/mol. The van der Waals surface area contributed by atoms with Crippen LogP contribution < -0.4 is 10.1 Å². The summed E-state index contributed by atoms with van der Waals surface area (Å²) in [6, 6.07) is 7.36. The molecule has 0 unspecified atom stereocenters. The van der Waals surface area contributed by atoms with Gasteiger partial charge < -0.3 is 14.8 Å². The molecule has 2 atom stereocenters. The first kappa shape index (κ1) is 14.8. The molecule has 1 fully saturated rings. The summed E-state index contributed by atoms with van der Waals surface area (Å²) in [6.07, 6.45) is 0.340. The average molecular weight is 278 g/mol. The highest BCUT2D eigenvalue weighted by atomic mass is 16.5. The molecule has 0 spiro atoms. The van der Waals surface area contributed by atoms with Gasteiger partial charge in [0.15, 0.2) is 0 Å². The van der Waals surface area contributed by atoms with E-state index in [0.717, 1.165) is 24.5 Å². The number of carbonyl (C=O) groups excluding carboxylic acids is 1. The quantitative estimate of drug-likeness (QED) is 0.911. The Morgan fingerprint density at radius 1 is 1.40 bits per heavy atom. The molecule has 0 radical (unpaired) electrons. The lowest BCUT2D eigenvalue weighted by atomic mass is 10.2. The van der Waals surface area contributed by atoms with Crippen molar-refractivity contribution < 1.29 is 14.3 Å².